The van der Waals surface area contributed by atoms with Crippen LogP contribution in [0.2, 0.25) is 0 Å². The van der Waals surface area contributed by atoms with E-state index in [4.69, 9.17) is 0 Å². The maximum absolute atomic E-state index is 14.6. The molecule has 5 nitrogen and oxygen atoms in total. The zero-order valence-electron chi connectivity index (χ0n) is 15.6. The summed E-state index contributed by atoms with van der Waals surface area (Å²) >= 11 is 0. The zero-order valence-corrected chi connectivity index (χ0v) is 15.6. The maximum Gasteiger partial charge on any atom is 0.257 e. The number of hydrogen-bond acceptors (Lipinski definition) is 4. The third-order valence-corrected chi connectivity index (χ3v) is 4.65. The van der Waals surface area contributed by atoms with E-state index in [0.717, 1.165) is 5.56 Å². The van der Waals surface area contributed by atoms with Crippen LogP contribution in [0.25, 0.3) is 5.57 Å². The minimum atomic E-state index is -0.425. The predicted molar refractivity (Wildman–Crippen MR) is 109 cm³/mol. The smallest absolute Gasteiger partial charge is 0.257 e. The van der Waals surface area contributed by atoms with Crippen LogP contribution < -0.4 is 15.5 Å². The number of pyridine rings is 1. The first kappa shape index (κ1) is 18.6. The van der Waals surface area contributed by atoms with Crippen molar-refractivity contribution in [1.29, 1.82) is 0 Å². The van der Waals surface area contributed by atoms with E-state index < -0.39 is 11.6 Å². The van der Waals surface area contributed by atoms with Gasteiger partial charge in [-0.1, -0.05) is 6.07 Å². The van der Waals surface area contributed by atoms with E-state index in [9.17, 15) is 13.6 Å². The van der Waals surface area contributed by atoms with Crippen LogP contribution in [-0.4, -0.2) is 17.9 Å². The van der Waals surface area contributed by atoms with Crippen LogP contribution >= 0.6 is 0 Å². The average Bonchev–Trinajstić information content (AvgIpc) is 3.01. The number of fused-ring (bicyclic) bond motifs is 1. The molecule has 0 unspecified atom stereocenters. The normalized spacial score (nSPS) is 13.9. The highest BCUT2D eigenvalue weighted by molar-refractivity contribution is 6.31. The number of aromatic nitrogens is 1. The van der Waals surface area contributed by atoms with Crippen molar-refractivity contribution in [2.45, 2.75) is 6.54 Å². The lowest BCUT2D eigenvalue weighted by Crippen LogP contribution is -2.17. The Morgan fingerprint density at radius 2 is 2.03 bits per heavy atom. The van der Waals surface area contributed by atoms with E-state index in [2.05, 4.69) is 15.6 Å². The SMILES string of the molecule is CN(Cc1cccnc1)c1ccc(N/C=C2\C(=O)Nc3cc(F)ccc32)cc1F. The second-order valence-corrected chi connectivity index (χ2v) is 6.73. The molecule has 1 aromatic heterocycles. The van der Waals surface area contributed by atoms with E-state index in [1.165, 1.54) is 30.5 Å². The summed E-state index contributed by atoms with van der Waals surface area (Å²) in [5.41, 5.74) is 3.30. The highest BCUT2D eigenvalue weighted by atomic mass is 19.1. The lowest BCUT2D eigenvalue weighted by atomic mass is 10.1. The van der Waals surface area contributed by atoms with Gasteiger partial charge in [-0.05, 0) is 48.0 Å². The summed E-state index contributed by atoms with van der Waals surface area (Å²) in [6.07, 6.45) is 4.93. The van der Waals surface area contributed by atoms with Crippen LogP contribution in [0.3, 0.4) is 0 Å². The van der Waals surface area contributed by atoms with Gasteiger partial charge in [0.2, 0.25) is 0 Å². The lowest BCUT2D eigenvalue weighted by molar-refractivity contribution is -0.110. The van der Waals surface area contributed by atoms with E-state index in [1.807, 2.05) is 12.1 Å². The Hall–Kier alpha value is -3.74. The van der Waals surface area contributed by atoms with Gasteiger partial charge >= 0.3 is 0 Å². The van der Waals surface area contributed by atoms with Crippen LogP contribution in [0.15, 0.2) is 67.1 Å². The Kier molecular flexibility index (Phi) is 4.95. The van der Waals surface area contributed by atoms with Gasteiger partial charge < -0.3 is 15.5 Å². The molecule has 0 atom stereocenters. The fourth-order valence-corrected chi connectivity index (χ4v) is 3.22. The van der Waals surface area contributed by atoms with Crippen LogP contribution in [0, 0.1) is 11.6 Å². The number of halogens is 2. The van der Waals surface area contributed by atoms with Crippen LogP contribution in [0.5, 0.6) is 0 Å². The summed E-state index contributed by atoms with van der Waals surface area (Å²) in [6, 6.07) is 12.6. The Labute approximate surface area is 166 Å². The molecule has 7 heteroatoms. The van der Waals surface area contributed by atoms with Gasteiger partial charge in [-0.25, -0.2) is 8.78 Å². The molecule has 2 aromatic carbocycles. The van der Waals surface area contributed by atoms with Crippen molar-refractivity contribution in [3.63, 3.8) is 0 Å². The minimum Gasteiger partial charge on any atom is -0.368 e. The summed E-state index contributed by atoms with van der Waals surface area (Å²) in [6.45, 7) is 0.523. The predicted octanol–water partition coefficient (Wildman–Crippen LogP) is 4.40. The van der Waals surface area contributed by atoms with Crippen molar-refractivity contribution in [2.75, 3.05) is 22.6 Å². The van der Waals surface area contributed by atoms with Crippen molar-refractivity contribution in [2.24, 2.45) is 0 Å². The quantitative estimate of drug-likeness (QED) is 0.632. The Bertz CT molecular complexity index is 1100. The summed E-state index contributed by atoms with van der Waals surface area (Å²) < 4.78 is 27.9. The maximum atomic E-state index is 14.6. The van der Waals surface area contributed by atoms with Crippen molar-refractivity contribution in [3.8, 4) is 0 Å². The Balaban J connectivity index is 1.50. The molecule has 4 rings (SSSR count). The van der Waals surface area contributed by atoms with Gasteiger partial charge in [0.05, 0.1) is 16.9 Å². The van der Waals surface area contributed by atoms with Crippen LogP contribution in [0.1, 0.15) is 11.1 Å². The number of anilines is 3. The highest BCUT2D eigenvalue weighted by Crippen LogP contribution is 2.32. The van der Waals surface area contributed by atoms with Gasteiger partial charge in [-0.15, -0.1) is 0 Å². The topological polar surface area (TPSA) is 57.3 Å². The van der Waals surface area contributed by atoms with Crippen LogP contribution in [0.4, 0.5) is 25.8 Å². The van der Waals surface area contributed by atoms with Crippen molar-refractivity contribution >= 4 is 28.5 Å². The first-order valence-corrected chi connectivity index (χ1v) is 8.99. The van der Waals surface area contributed by atoms with Gasteiger partial charge in [0.25, 0.3) is 5.91 Å². The van der Waals surface area contributed by atoms with E-state index in [1.54, 1.807) is 36.5 Å². The fraction of sp³-hybridized carbons (Fsp3) is 0.0909. The number of rotatable bonds is 5. The van der Waals surface area contributed by atoms with Gasteiger partial charge in [-0.2, -0.15) is 0 Å². The monoisotopic (exact) mass is 392 g/mol. The summed E-state index contributed by atoms with van der Waals surface area (Å²) in [5, 5.41) is 5.55. The molecule has 0 saturated heterocycles. The molecule has 2 N–H and O–H groups in total. The molecule has 1 aliphatic rings. The molecule has 1 aliphatic heterocycles. The fourth-order valence-electron chi connectivity index (χ4n) is 3.22. The number of carbonyl (C=O) groups excluding carboxylic acids is 1. The molecule has 3 aromatic rings. The highest BCUT2D eigenvalue weighted by Gasteiger charge is 2.24. The average molecular weight is 392 g/mol. The van der Waals surface area contributed by atoms with E-state index >= 15 is 0 Å². The van der Waals surface area contributed by atoms with Gasteiger partial charge in [0.1, 0.15) is 11.6 Å². The molecule has 29 heavy (non-hydrogen) atoms. The number of carbonyl (C=O) groups is 1. The first-order chi connectivity index (χ1) is 14.0. The van der Waals surface area contributed by atoms with Crippen LogP contribution in [-0.2, 0) is 11.3 Å². The molecule has 2 heterocycles. The van der Waals surface area contributed by atoms with E-state index in [0.29, 0.717) is 34.7 Å². The summed E-state index contributed by atoms with van der Waals surface area (Å²) in [7, 11) is 1.80. The molecule has 146 valence electrons. The van der Waals surface area contributed by atoms with Gasteiger partial charge in [0, 0.05) is 43.4 Å². The number of nitrogens with one attached hydrogen (secondary N) is 2. The van der Waals surface area contributed by atoms with Crippen molar-refractivity contribution < 1.29 is 13.6 Å². The lowest BCUT2D eigenvalue weighted by Gasteiger charge is -2.20. The first-order valence-electron chi connectivity index (χ1n) is 8.99. The molecule has 0 fully saturated rings. The van der Waals surface area contributed by atoms with Crippen molar-refractivity contribution in [1.82, 2.24) is 4.98 Å². The molecule has 1 amide bonds. The molecule has 0 aliphatic carbocycles. The van der Waals surface area contributed by atoms with E-state index in [-0.39, 0.29) is 5.91 Å². The molecular formula is C22H18F2N4O. The standard InChI is InChI=1S/C22H18F2N4O/c1-28(13-14-3-2-8-25-11-14)21-7-5-16(10-19(21)24)26-12-18-17-6-4-15(23)9-20(17)27-22(18)29/h2-12,26H,13H2,1H3,(H,27,29)/b18-12-. The molecule has 0 spiro atoms. The van der Waals surface area contributed by atoms with Gasteiger partial charge in [0.15, 0.2) is 0 Å². The molecule has 0 bridgehead atoms. The molecular weight excluding hydrogens is 374 g/mol. The third kappa shape index (κ3) is 3.94. The minimum absolute atomic E-state index is 0.341. The second kappa shape index (κ2) is 7.71. The number of hydrogen-bond donors (Lipinski definition) is 2. The molecule has 0 saturated carbocycles. The number of amides is 1. The third-order valence-electron chi connectivity index (χ3n) is 4.65. The summed E-state index contributed by atoms with van der Waals surface area (Å²) in [4.78, 5) is 18.0. The van der Waals surface area contributed by atoms with Gasteiger partial charge in [-0.3, -0.25) is 9.78 Å². The number of nitrogens with zero attached hydrogens (tertiary/aromatic N) is 2. The van der Waals surface area contributed by atoms with Crippen molar-refractivity contribution in [3.05, 3.63) is 89.9 Å². The molecule has 0 radical (unpaired) electrons. The Morgan fingerprint density at radius 3 is 2.79 bits per heavy atom. The largest absolute Gasteiger partial charge is 0.368 e. The second-order valence-electron chi connectivity index (χ2n) is 6.73. The summed E-state index contributed by atoms with van der Waals surface area (Å²) in [5.74, 6) is -1.16. The zero-order chi connectivity index (χ0) is 20.4. The number of benzene rings is 2. The Morgan fingerprint density at radius 1 is 1.17 bits per heavy atom.